The fourth-order valence-corrected chi connectivity index (χ4v) is 2.39. The number of benzene rings is 1. The van der Waals surface area contributed by atoms with Crippen molar-refractivity contribution in [2.45, 2.75) is 12.1 Å². The number of likely N-dealkylation sites (N-methyl/N-ethyl adjacent to an activating group) is 2. The van der Waals surface area contributed by atoms with E-state index in [1.807, 2.05) is 24.3 Å². The second-order valence-electron chi connectivity index (χ2n) is 4.81. The topological polar surface area (TPSA) is 26.7 Å². The molecule has 0 radical (unpaired) electrons. The Bertz CT molecular complexity index is 368. The predicted octanol–water partition coefficient (Wildman–Crippen LogP) is 1.62. The highest BCUT2D eigenvalue weighted by atomic mass is 35.5. The maximum atomic E-state index is 10.4. The molecule has 0 bridgehead atoms. The van der Waals surface area contributed by atoms with Crippen molar-refractivity contribution in [1.29, 1.82) is 0 Å². The molecular weight excluding hydrogens is 236 g/mol. The van der Waals surface area contributed by atoms with Gasteiger partial charge in [0.1, 0.15) is 0 Å². The molecule has 1 N–H and O–H groups in total. The number of aliphatic hydroxyl groups excluding tert-OH is 1. The quantitative estimate of drug-likeness (QED) is 0.869. The van der Waals surface area contributed by atoms with Gasteiger partial charge >= 0.3 is 0 Å². The van der Waals surface area contributed by atoms with Crippen molar-refractivity contribution in [2.24, 2.45) is 0 Å². The van der Waals surface area contributed by atoms with Crippen LogP contribution < -0.4 is 0 Å². The number of halogens is 1. The van der Waals surface area contributed by atoms with E-state index in [1.165, 1.54) is 0 Å². The Balaban J connectivity index is 2.12. The summed E-state index contributed by atoms with van der Waals surface area (Å²) in [7, 11) is 4.16. The number of hydrogen-bond acceptors (Lipinski definition) is 3. The van der Waals surface area contributed by atoms with E-state index < -0.39 is 6.10 Å². The highest BCUT2D eigenvalue weighted by molar-refractivity contribution is 6.30. The van der Waals surface area contributed by atoms with Crippen LogP contribution in [-0.2, 0) is 0 Å². The summed E-state index contributed by atoms with van der Waals surface area (Å²) in [5.41, 5.74) is 0.932. The number of aliphatic hydroxyl groups is 1. The molecule has 0 aromatic heterocycles. The number of piperazine rings is 1. The van der Waals surface area contributed by atoms with E-state index in [0.717, 1.165) is 25.2 Å². The molecule has 1 aliphatic rings. The lowest BCUT2D eigenvalue weighted by Gasteiger charge is -2.40. The molecule has 1 fully saturated rings. The normalized spacial score (nSPS) is 24.8. The Kier molecular flexibility index (Phi) is 4.05. The van der Waals surface area contributed by atoms with E-state index >= 15 is 0 Å². The van der Waals surface area contributed by atoms with E-state index in [4.69, 9.17) is 11.6 Å². The second kappa shape index (κ2) is 5.36. The Hall–Kier alpha value is -0.610. The Morgan fingerprint density at radius 1 is 1.24 bits per heavy atom. The van der Waals surface area contributed by atoms with Crippen LogP contribution in [0.1, 0.15) is 11.7 Å². The van der Waals surface area contributed by atoms with Crippen LogP contribution in [0.4, 0.5) is 0 Å². The summed E-state index contributed by atoms with van der Waals surface area (Å²) < 4.78 is 0. The highest BCUT2D eigenvalue weighted by Crippen LogP contribution is 2.24. The molecule has 0 spiro atoms. The molecule has 0 amide bonds. The van der Waals surface area contributed by atoms with Crippen molar-refractivity contribution in [2.75, 3.05) is 33.7 Å². The van der Waals surface area contributed by atoms with Gasteiger partial charge in [0, 0.05) is 24.7 Å². The summed E-state index contributed by atoms with van der Waals surface area (Å²) >= 11 is 5.85. The molecular formula is C13H19ClN2O. The van der Waals surface area contributed by atoms with E-state index in [2.05, 4.69) is 23.9 Å². The van der Waals surface area contributed by atoms with Crippen LogP contribution in [-0.4, -0.2) is 54.7 Å². The van der Waals surface area contributed by atoms with Crippen molar-refractivity contribution in [1.82, 2.24) is 9.80 Å². The molecule has 2 atom stereocenters. The molecule has 94 valence electrons. The maximum Gasteiger partial charge on any atom is 0.0957 e. The van der Waals surface area contributed by atoms with E-state index in [1.54, 1.807) is 0 Å². The molecule has 2 rings (SSSR count). The van der Waals surface area contributed by atoms with Crippen molar-refractivity contribution < 1.29 is 5.11 Å². The third kappa shape index (κ3) is 2.99. The summed E-state index contributed by atoms with van der Waals surface area (Å²) in [4.78, 5) is 4.48. The zero-order chi connectivity index (χ0) is 12.4. The number of nitrogens with zero attached hydrogens (tertiary/aromatic N) is 2. The van der Waals surface area contributed by atoms with E-state index in [0.29, 0.717) is 5.02 Å². The molecule has 0 aliphatic carbocycles. The maximum absolute atomic E-state index is 10.4. The fourth-order valence-electron chi connectivity index (χ4n) is 2.27. The van der Waals surface area contributed by atoms with Gasteiger partial charge in [-0.25, -0.2) is 0 Å². The number of hydrogen-bond donors (Lipinski definition) is 1. The third-order valence-corrected chi connectivity index (χ3v) is 3.73. The van der Waals surface area contributed by atoms with Crippen molar-refractivity contribution >= 4 is 11.6 Å². The van der Waals surface area contributed by atoms with Crippen molar-refractivity contribution in [3.05, 3.63) is 34.9 Å². The second-order valence-corrected chi connectivity index (χ2v) is 5.24. The van der Waals surface area contributed by atoms with Crippen molar-refractivity contribution in [3.63, 3.8) is 0 Å². The zero-order valence-corrected chi connectivity index (χ0v) is 11.1. The van der Waals surface area contributed by atoms with Crippen LogP contribution in [0.2, 0.25) is 5.02 Å². The minimum absolute atomic E-state index is 0.148. The van der Waals surface area contributed by atoms with Gasteiger partial charge in [0.25, 0.3) is 0 Å². The lowest BCUT2D eigenvalue weighted by Crippen LogP contribution is -2.52. The van der Waals surface area contributed by atoms with Crippen LogP contribution >= 0.6 is 11.6 Å². The van der Waals surface area contributed by atoms with Gasteiger partial charge in [-0.05, 0) is 31.8 Å². The molecule has 0 saturated carbocycles. The fraction of sp³-hybridized carbons (Fsp3) is 0.538. The molecule has 1 heterocycles. The van der Waals surface area contributed by atoms with Gasteiger partial charge in [0.05, 0.1) is 12.1 Å². The Morgan fingerprint density at radius 3 is 2.53 bits per heavy atom. The van der Waals surface area contributed by atoms with E-state index in [9.17, 15) is 5.11 Å². The average Bonchev–Trinajstić information content (AvgIpc) is 2.32. The summed E-state index contributed by atoms with van der Waals surface area (Å²) in [6.45, 7) is 2.94. The average molecular weight is 255 g/mol. The summed E-state index contributed by atoms with van der Waals surface area (Å²) in [6, 6.07) is 7.60. The van der Waals surface area contributed by atoms with Gasteiger partial charge in [0.15, 0.2) is 0 Å². The summed E-state index contributed by atoms with van der Waals surface area (Å²) in [6.07, 6.45) is -0.458. The minimum Gasteiger partial charge on any atom is -0.387 e. The molecule has 1 aromatic rings. The SMILES string of the molecule is CN1CCN(C)C(C(O)c2ccc(Cl)cc2)C1. The predicted molar refractivity (Wildman–Crippen MR) is 70.3 cm³/mol. The minimum atomic E-state index is -0.458. The molecule has 4 heteroatoms. The van der Waals surface area contributed by atoms with Crippen LogP contribution in [0.5, 0.6) is 0 Å². The Morgan fingerprint density at radius 2 is 1.88 bits per heavy atom. The van der Waals surface area contributed by atoms with Gasteiger partial charge in [-0.1, -0.05) is 23.7 Å². The van der Waals surface area contributed by atoms with Gasteiger partial charge in [-0.2, -0.15) is 0 Å². The lowest BCUT2D eigenvalue weighted by molar-refractivity contribution is 0.0138. The van der Waals surface area contributed by atoms with Gasteiger partial charge < -0.3 is 10.0 Å². The Labute approximate surface area is 108 Å². The first-order valence-electron chi connectivity index (χ1n) is 5.90. The standard InChI is InChI=1S/C13H19ClN2O/c1-15-7-8-16(2)12(9-15)13(17)10-3-5-11(14)6-4-10/h3-6,12-13,17H,7-9H2,1-2H3. The van der Waals surface area contributed by atoms with Gasteiger partial charge in [0.2, 0.25) is 0 Å². The molecule has 3 nitrogen and oxygen atoms in total. The number of rotatable bonds is 2. The largest absolute Gasteiger partial charge is 0.387 e. The van der Waals surface area contributed by atoms with E-state index in [-0.39, 0.29) is 6.04 Å². The van der Waals surface area contributed by atoms with Crippen LogP contribution in [0.15, 0.2) is 24.3 Å². The highest BCUT2D eigenvalue weighted by Gasteiger charge is 2.29. The monoisotopic (exact) mass is 254 g/mol. The van der Waals surface area contributed by atoms with Crippen LogP contribution in [0.3, 0.4) is 0 Å². The molecule has 2 unspecified atom stereocenters. The third-order valence-electron chi connectivity index (χ3n) is 3.48. The smallest absolute Gasteiger partial charge is 0.0957 e. The van der Waals surface area contributed by atoms with Crippen LogP contribution in [0.25, 0.3) is 0 Å². The molecule has 1 saturated heterocycles. The zero-order valence-electron chi connectivity index (χ0n) is 10.3. The first-order chi connectivity index (χ1) is 8.08. The first kappa shape index (κ1) is 12.8. The van der Waals surface area contributed by atoms with Crippen LogP contribution in [0, 0.1) is 0 Å². The summed E-state index contributed by atoms with van der Waals surface area (Å²) in [5, 5.41) is 11.1. The van der Waals surface area contributed by atoms with Crippen molar-refractivity contribution in [3.8, 4) is 0 Å². The van der Waals surface area contributed by atoms with Gasteiger partial charge in [-0.3, -0.25) is 4.90 Å². The van der Waals surface area contributed by atoms with Gasteiger partial charge in [-0.15, -0.1) is 0 Å². The summed E-state index contributed by atoms with van der Waals surface area (Å²) in [5.74, 6) is 0. The molecule has 1 aromatic carbocycles. The lowest BCUT2D eigenvalue weighted by atomic mass is 9.99. The molecule has 1 aliphatic heterocycles. The molecule has 17 heavy (non-hydrogen) atoms. The first-order valence-corrected chi connectivity index (χ1v) is 6.28.